The first-order chi connectivity index (χ1) is 12.6. The summed E-state index contributed by atoms with van der Waals surface area (Å²) in [6.45, 7) is 1.99. The number of aromatic nitrogens is 2. The number of ether oxygens (including phenoxy) is 2. The molecule has 0 saturated carbocycles. The van der Waals surface area contributed by atoms with Crippen molar-refractivity contribution in [2.45, 2.75) is 19.3 Å². The maximum atomic E-state index is 12.8. The fourth-order valence-electron chi connectivity index (χ4n) is 2.77. The molecule has 0 N–H and O–H groups in total. The van der Waals surface area contributed by atoms with E-state index >= 15 is 0 Å². The van der Waals surface area contributed by atoms with Crippen molar-refractivity contribution >= 4 is 34.5 Å². The summed E-state index contributed by atoms with van der Waals surface area (Å²) in [7, 11) is 1.51. The predicted molar refractivity (Wildman–Crippen MR) is 98.7 cm³/mol. The monoisotopic (exact) mass is 370 g/mol. The van der Waals surface area contributed by atoms with Crippen LogP contribution in [-0.2, 0) is 9.53 Å². The van der Waals surface area contributed by atoms with Gasteiger partial charge in [-0.3, -0.25) is 9.59 Å². The number of rotatable bonds is 7. The van der Waals surface area contributed by atoms with Crippen molar-refractivity contribution in [2.75, 3.05) is 13.7 Å². The van der Waals surface area contributed by atoms with E-state index in [9.17, 15) is 9.59 Å². The number of hydrogen-bond acceptors (Lipinski definition) is 7. The molecule has 0 aliphatic heterocycles. The maximum absolute atomic E-state index is 12.8. The summed E-state index contributed by atoms with van der Waals surface area (Å²) < 4.78 is 18.8. The van der Waals surface area contributed by atoms with Crippen molar-refractivity contribution in [3.63, 3.8) is 0 Å². The van der Waals surface area contributed by atoms with Gasteiger partial charge < -0.3 is 9.47 Å². The van der Waals surface area contributed by atoms with Gasteiger partial charge in [0.05, 0.1) is 36.9 Å². The Balaban J connectivity index is 1.93. The van der Waals surface area contributed by atoms with Gasteiger partial charge in [0.1, 0.15) is 16.8 Å². The molecule has 0 bridgehead atoms. The van der Waals surface area contributed by atoms with Gasteiger partial charge in [0.2, 0.25) is 0 Å². The van der Waals surface area contributed by atoms with Crippen LogP contribution in [0, 0.1) is 0 Å². The van der Waals surface area contributed by atoms with Gasteiger partial charge in [0.25, 0.3) is 0 Å². The van der Waals surface area contributed by atoms with Gasteiger partial charge in [0.15, 0.2) is 5.78 Å². The van der Waals surface area contributed by atoms with E-state index in [0.717, 1.165) is 17.2 Å². The Morgan fingerprint density at radius 1 is 1.12 bits per heavy atom. The molecule has 0 aliphatic rings. The molecule has 0 saturated heterocycles. The van der Waals surface area contributed by atoms with Crippen molar-refractivity contribution in [3.05, 3.63) is 53.6 Å². The van der Waals surface area contributed by atoms with E-state index < -0.39 is 11.9 Å². The summed E-state index contributed by atoms with van der Waals surface area (Å²) in [4.78, 5) is 25.3. The van der Waals surface area contributed by atoms with Crippen LogP contribution in [0.25, 0.3) is 11.0 Å². The topological polar surface area (TPSA) is 78.4 Å². The highest BCUT2D eigenvalue weighted by atomic mass is 32.1. The Kier molecular flexibility index (Phi) is 5.58. The molecule has 0 aliphatic carbocycles. The molecular formula is C19H18N2O4S. The Morgan fingerprint density at radius 2 is 1.88 bits per heavy atom. The van der Waals surface area contributed by atoms with Gasteiger partial charge in [-0.05, 0) is 36.8 Å². The van der Waals surface area contributed by atoms with Gasteiger partial charge in [0, 0.05) is 6.42 Å². The van der Waals surface area contributed by atoms with E-state index in [1.165, 1.54) is 7.11 Å². The van der Waals surface area contributed by atoms with Crippen LogP contribution in [0.2, 0.25) is 0 Å². The van der Waals surface area contributed by atoms with Crippen molar-refractivity contribution in [1.29, 1.82) is 0 Å². The molecule has 2 aromatic carbocycles. The summed E-state index contributed by atoms with van der Waals surface area (Å²) in [6, 6.07) is 12.4. The molecule has 1 heterocycles. The minimum atomic E-state index is -0.710. The lowest BCUT2D eigenvalue weighted by molar-refractivity contribution is -0.144. The van der Waals surface area contributed by atoms with Gasteiger partial charge in [-0.15, -0.1) is 0 Å². The Hall–Kier alpha value is -2.80. The maximum Gasteiger partial charge on any atom is 0.313 e. The van der Waals surface area contributed by atoms with Gasteiger partial charge in [-0.2, -0.15) is 8.75 Å². The third-order valence-corrected chi connectivity index (χ3v) is 4.60. The second-order valence-corrected chi connectivity index (χ2v) is 6.17. The van der Waals surface area contributed by atoms with E-state index in [1.807, 2.05) is 0 Å². The summed E-state index contributed by atoms with van der Waals surface area (Å²) in [5.74, 6) is -0.840. The van der Waals surface area contributed by atoms with Gasteiger partial charge >= 0.3 is 5.97 Å². The number of fused-ring (bicyclic) bond motifs is 1. The van der Waals surface area contributed by atoms with Crippen LogP contribution in [0.5, 0.6) is 5.75 Å². The molecule has 0 radical (unpaired) electrons. The van der Waals surface area contributed by atoms with Crippen LogP contribution in [0.4, 0.5) is 0 Å². The standard InChI is InChI=1S/C19H18N2O4S/c1-3-25-19(23)14(12-8-9-15-16(10-12)21-26-20-15)11-17(22)13-6-4-5-7-18(13)24-2/h4-10,14H,3,11H2,1-2H3. The normalized spacial score (nSPS) is 11.9. The van der Waals surface area contributed by atoms with Crippen LogP contribution in [-0.4, -0.2) is 34.2 Å². The number of carbonyl (C=O) groups excluding carboxylic acids is 2. The fourth-order valence-corrected chi connectivity index (χ4v) is 3.28. The van der Waals surface area contributed by atoms with E-state index in [-0.39, 0.29) is 18.8 Å². The number of nitrogens with zero attached hydrogens (tertiary/aromatic N) is 2. The van der Waals surface area contributed by atoms with Gasteiger partial charge in [-0.1, -0.05) is 18.2 Å². The molecular weight excluding hydrogens is 352 g/mol. The number of ketones is 1. The third kappa shape index (κ3) is 3.72. The smallest absolute Gasteiger partial charge is 0.313 e. The lowest BCUT2D eigenvalue weighted by Gasteiger charge is -2.16. The highest BCUT2D eigenvalue weighted by molar-refractivity contribution is 7.00. The zero-order valence-electron chi connectivity index (χ0n) is 14.5. The number of esters is 1. The summed E-state index contributed by atoms with van der Waals surface area (Å²) in [5.41, 5.74) is 2.59. The zero-order chi connectivity index (χ0) is 18.5. The van der Waals surface area contributed by atoms with Crippen molar-refractivity contribution in [1.82, 2.24) is 8.75 Å². The third-order valence-electron chi connectivity index (χ3n) is 4.05. The second-order valence-electron chi connectivity index (χ2n) is 5.64. The molecule has 3 aromatic rings. The Bertz CT molecular complexity index is 938. The summed E-state index contributed by atoms with van der Waals surface area (Å²) in [5, 5.41) is 0. The van der Waals surface area contributed by atoms with Crippen LogP contribution in [0.3, 0.4) is 0 Å². The van der Waals surface area contributed by atoms with Crippen molar-refractivity contribution in [2.24, 2.45) is 0 Å². The molecule has 26 heavy (non-hydrogen) atoms. The summed E-state index contributed by atoms with van der Waals surface area (Å²) in [6.07, 6.45) is -0.0116. The van der Waals surface area contributed by atoms with Gasteiger partial charge in [-0.25, -0.2) is 0 Å². The molecule has 1 unspecified atom stereocenters. The SMILES string of the molecule is CCOC(=O)C(CC(=O)c1ccccc1OC)c1ccc2nsnc2c1. The van der Waals surface area contributed by atoms with Crippen molar-refractivity contribution in [3.8, 4) is 5.75 Å². The molecule has 1 atom stereocenters. The quantitative estimate of drug-likeness (QED) is 0.467. The van der Waals surface area contributed by atoms with Crippen LogP contribution in [0.15, 0.2) is 42.5 Å². The molecule has 3 rings (SSSR count). The first kappa shape index (κ1) is 18.0. The summed E-state index contributed by atoms with van der Waals surface area (Å²) >= 11 is 1.11. The first-order valence-corrected chi connectivity index (χ1v) is 8.92. The lowest BCUT2D eigenvalue weighted by atomic mass is 9.91. The van der Waals surface area contributed by atoms with Crippen molar-refractivity contribution < 1.29 is 19.1 Å². The molecule has 7 heteroatoms. The molecule has 134 valence electrons. The molecule has 0 spiro atoms. The van der Waals surface area contributed by atoms with Crippen LogP contribution in [0.1, 0.15) is 35.2 Å². The Labute approximate surface area is 155 Å². The molecule has 6 nitrogen and oxygen atoms in total. The zero-order valence-corrected chi connectivity index (χ0v) is 15.3. The molecule has 1 aromatic heterocycles. The predicted octanol–water partition coefficient (Wildman–Crippen LogP) is 3.62. The number of Topliss-reactive ketones (excluding diaryl/α,β-unsaturated/α-hetero) is 1. The number of hydrogen-bond donors (Lipinski definition) is 0. The van der Waals surface area contributed by atoms with E-state index in [1.54, 1.807) is 49.4 Å². The average molecular weight is 370 g/mol. The number of carbonyl (C=O) groups is 2. The van der Waals surface area contributed by atoms with E-state index in [2.05, 4.69) is 8.75 Å². The highest BCUT2D eigenvalue weighted by Gasteiger charge is 2.27. The number of para-hydroxylation sites is 1. The fraction of sp³-hybridized carbons (Fsp3) is 0.263. The van der Waals surface area contributed by atoms with Crippen LogP contribution < -0.4 is 4.74 Å². The number of methoxy groups -OCH3 is 1. The van der Waals surface area contributed by atoms with E-state index in [0.29, 0.717) is 22.4 Å². The minimum Gasteiger partial charge on any atom is -0.496 e. The lowest BCUT2D eigenvalue weighted by Crippen LogP contribution is -2.20. The first-order valence-electron chi connectivity index (χ1n) is 8.19. The second kappa shape index (κ2) is 8.05. The highest BCUT2D eigenvalue weighted by Crippen LogP contribution is 2.28. The average Bonchev–Trinajstić information content (AvgIpc) is 3.13. The molecule has 0 amide bonds. The minimum absolute atomic E-state index is 0.0116. The Morgan fingerprint density at radius 3 is 2.65 bits per heavy atom. The van der Waals surface area contributed by atoms with E-state index in [4.69, 9.17) is 9.47 Å². The largest absolute Gasteiger partial charge is 0.496 e. The van der Waals surface area contributed by atoms with Crippen LogP contribution >= 0.6 is 11.7 Å². The number of benzene rings is 2. The molecule has 0 fully saturated rings.